The van der Waals surface area contributed by atoms with Crippen LogP contribution in [-0.4, -0.2) is 41.3 Å². The van der Waals surface area contributed by atoms with Crippen LogP contribution in [0.25, 0.3) is 0 Å². The molecule has 88 valence electrons. The summed E-state index contributed by atoms with van der Waals surface area (Å²) in [7, 11) is 0. The first-order chi connectivity index (χ1) is 7.09. The van der Waals surface area contributed by atoms with Gasteiger partial charge in [-0.25, -0.2) is 0 Å². The highest BCUT2D eigenvalue weighted by Crippen LogP contribution is 2.31. The Morgan fingerprint density at radius 2 is 2.07 bits per heavy atom. The second-order valence-corrected chi connectivity index (χ2v) is 5.60. The van der Waals surface area contributed by atoms with Crippen LogP contribution >= 0.6 is 0 Å². The molecule has 1 aliphatic heterocycles. The van der Waals surface area contributed by atoms with Crippen LogP contribution in [0, 0.1) is 5.92 Å². The summed E-state index contributed by atoms with van der Waals surface area (Å²) in [6.45, 7) is 5.14. The summed E-state index contributed by atoms with van der Waals surface area (Å²) >= 11 is 0. The monoisotopic (exact) mass is 212 g/mol. The number of hydrogen-bond donors (Lipinski definition) is 2. The van der Waals surface area contributed by atoms with Crippen LogP contribution in [0.1, 0.15) is 39.0 Å². The Bertz CT molecular complexity index is 214. The van der Waals surface area contributed by atoms with Crippen LogP contribution in [0.5, 0.6) is 0 Å². The minimum atomic E-state index is -0.402. The fraction of sp³-hybridized carbons (Fsp3) is 1.00. The zero-order valence-electron chi connectivity index (χ0n) is 9.78. The third-order valence-electron chi connectivity index (χ3n) is 4.15. The van der Waals surface area contributed by atoms with Gasteiger partial charge >= 0.3 is 0 Å². The van der Waals surface area contributed by atoms with E-state index in [-0.39, 0.29) is 0 Å². The molecule has 2 rings (SSSR count). The Labute approximate surface area is 92.6 Å². The van der Waals surface area contributed by atoms with E-state index in [4.69, 9.17) is 5.73 Å². The van der Waals surface area contributed by atoms with Crippen LogP contribution in [-0.2, 0) is 0 Å². The van der Waals surface area contributed by atoms with Crippen molar-refractivity contribution in [1.82, 2.24) is 4.90 Å². The molecule has 1 saturated carbocycles. The van der Waals surface area contributed by atoms with Crippen LogP contribution in [0.15, 0.2) is 0 Å². The van der Waals surface area contributed by atoms with E-state index in [1.54, 1.807) is 0 Å². The minimum absolute atomic E-state index is 0.295. The van der Waals surface area contributed by atoms with Gasteiger partial charge in [0.25, 0.3) is 0 Å². The topological polar surface area (TPSA) is 49.5 Å². The summed E-state index contributed by atoms with van der Waals surface area (Å²) in [6.07, 6.45) is 5.51. The number of rotatable bonds is 2. The summed E-state index contributed by atoms with van der Waals surface area (Å²) in [5.74, 6) is 0.638. The average molecular weight is 212 g/mol. The molecule has 1 saturated heterocycles. The van der Waals surface area contributed by atoms with Crippen molar-refractivity contribution in [2.45, 2.75) is 50.7 Å². The smallest absolute Gasteiger partial charge is 0.0774 e. The minimum Gasteiger partial charge on any atom is -0.389 e. The highest BCUT2D eigenvalue weighted by molar-refractivity contribution is 4.90. The third-order valence-corrected chi connectivity index (χ3v) is 4.15. The number of piperidine rings is 1. The molecule has 3 nitrogen and oxygen atoms in total. The number of β-amino-alcohol motifs (C(OH)–C–C–N with tert-alkyl or cyclic N) is 1. The molecular weight excluding hydrogens is 188 g/mol. The van der Waals surface area contributed by atoms with Gasteiger partial charge in [-0.3, -0.25) is 4.90 Å². The fourth-order valence-corrected chi connectivity index (χ4v) is 2.92. The lowest BCUT2D eigenvalue weighted by Crippen LogP contribution is -2.52. The fourth-order valence-electron chi connectivity index (χ4n) is 2.92. The van der Waals surface area contributed by atoms with Crippen molar-refractivity contribution in [2.24, 2.45) is 11.7 Å². The second-order valence-electron chi connectivity index (χ2n) is 5.60. The van der Waals surface area contributed by atoms with Crippen LogP contribution in [0.4, 0.5) is 0 Å². The van der Waals surface area contributed by atoms with Crippen LogP contribution < -0.4 is 5.73 Å². The van der Waals surface area contributed by atoms with Crippen molar-refractivity contribution in [3.63, 3.8) is 0 Å². The Hall–Kier alpha value is -0.120. The highest BCUT2D eigenvalue weighted by atomic mass is 16.3. The van der Waals surface area contributed by atoms with Gasteiger partial charge in [-0.15, -0.1) is 0 Å². The first-order valence-electron chi connectivity index (χ1n) is 6.29. The molecule has 15 heavy (non-hydrogen) atoms. The van der Waals surface area contributed by atoms with Gasteiger partial charge in [0, 0.05) is 19.1 Å². The van der Waals surface area contributed by atoms with E-state index in [9.17, 15) is 5.11 Å². The zero-order valence-corrected chi connectivity index (χ0v) is 9.78. The number of likely N-dealkylation sites (tertiary alicyclic amines) is 1. The number of nitrogens with zero attached hydrogens (tertiary/aromatic N) is 1. The van der Waals surface area contributed by atoms with E-state index in [1.165, 1.54) is 19.3 Å². The van der Waals surface area contributed by atoms with Gasteiger partial charge in [-0.05, 0) is 31.7 Å². The normalized spacial score (nSPS) is 37.0. The molecule has 2 fully saturated rings. The summed E-state index contributed by atoms with van der Waals surface area (Å²) < 4.78 is 0. The molecule has 0 aromatic carbocycles. The summed E-state index contributed by atoms with van der Waals surface area (Å²) in [6, 6.07) is 0.295. The van der Waals surface area contributed by atoms with Crippen molar-refractivity contribution in [2.75, 3.05) is 19.6 Å². The predicted molar refractivity (Wildman–Crippen MR) is 61.6 cm³/mol. The summed E-state index contributed by atoms with van der Waals surface area (Å²) in [5, 5.41) is 10.3. The Kier molecular flexibility index (Phi) is 3.33. The number of nitrogens with two attached hydrogens (primary N) is 1. The Balaban J connectivity index is 1.84. The van der Waals surface area contributed by atoms with Crippen molar-refractivity contribution in [1.29, 1.82) is 0 Å². The Morgan fingerprint density at radius 3 is 2.67 bits per heavy atom. The SMILES string of the molecule is CC1CCN(CC2(O)CCCC2)CC1N. The molecule has 0 aromatic rings. The largest absolute Gasteiger partial charge is 0.389 e. The predicted octanol–water partition coefficient (Wildman–Crippen LogP) is 0.961. The molecule has 2 atom stereocenters. The molecule has 0 radical (unpaired) electrons. The molecule has 0 spiro atoms. The maximum absolute atomic E-state index is 10.3. The lowest BCUT2D eigenvalue weighted by molar-refractivity contribution is -0.00193. The standard InChI is InChI=1S/C12H24N2O/c1-10-4-7-14(8-11(10)13)9-12(15)5-2-3-6-12/h10-11,15H,2-9,13H2,1H3. The number of hydrogen-bond acceptors (Lipinski definition) is 3. The number of aliphatic hydroxyl groups is 1. The molecule has 3 heteroatoms. The molecule has 2 unspecified atom stereocenters. The van der Waals surface area contributed by atoms with E-state index in [2.05, 4.69) is 11.8 Å². The molecule has 0 aromatic heterocycles. The first kappa shape index (κ1) is 11.4. The van der Waals surface area contributed by atoms with E-state index in [0.717, 1.165) is 32.5 Å². The van der Waals surface area contributed by atoms with Gasteiger partial charge in [0.1, 0.15) is 0 Å². The molecule has 0 bridgehead atoms. The van der Waals surface area contributed by atoms with Crippen LogP contribution in [0.3, 0.4) is 0 Å². The molecule has 1 heterocycles. The van der Waals surface area contributed by atoms with Gasteiger partial charge in [0.2, 0.25) is 0 Å². The quantitative estimate of drug-likeness (QED) is 0.717. The van der Waals surface area contributed by atoms with Crippen molar-refractivity contribution in [3.8, 4) is 0 Å². The maximum atomic E-state index is 10.3. The van der Waals surface area contributed by atoms with Gasteiger partial charge in [-0.2, -0.15) is 0 Å². The zero-order chi connectivity index (χ0) is 10.9. The second kappa shape index (κ2) is 4.40. The van der Waals surface area contributed by atoms with E-state index < -0.39 is 5.60 Å². The van der Waals surface area contributed by atoms with Gasteiger partial charge < -0.3 is 10.8 Å². The van der Waals surface area contributed by atoms with E-state index in [0.29, 0.717) is 12.0 Å². The van der Waals surface area contributed by atoms with Gasteiger partial charge in [0.05, 0.1) is 5.60 Å². The first-order valence-corrected chi connectivity index (χ1v) is 6.29. The van der Waals surface area contributed by atoms with Crippen molar-refractivity contribution >= 4 is 0 Å². The molecule has 1 aliphatic carbocycles. The van der Waals surface area contributed by atoms with Crippen LogP contribution in [0.2, 0.25) is 0 Å². The maximum Gasteiger partial charge on any atom is 0.0774 e. The van der Waals surface area contributed by atoms with E-state index >= 15 is 0 Å². The molecule has 2 aliphatic rings. The van der Waals surface area contributed by atoms with Crippen molar-refractivity contribution in [3.05, 3.63) is 0 Å². The molecule has 0 amide bonds. The van der Waals surface area contributed by atoms with Crippen molar-refractivity contribution < 1.29 is 5.11 Å². The highest BCUT2D eigenvalue weighted by Gasteiger charge is 2.34. The molecule has 3 N–H and O–H groups in total. The lowest BCUT2D eigenvalue weighted by atomic mass is 9.92. The third kappa shape index (κ3) is 2.71. The van der Waals surface area contributed by atoms with E-state index in [1.807, 2.05) is 0 Å². The molecular formula is C12H24N2O. The summed E-state index contributed by atoms with van der Waals surface area (Å²) in [5.41, 5.74) is 5.66. The van der Waals surface area contributed by atoms with Gasteiger partial charge in [0.15, 0.2) is 0 Å². The Morgan fingerprint density at radius 1 is 1.40 bits per heavy atom. The average Bonchev–Trinajstić information content (AvgIpc) is 2.59. The lowest BCUT2D eigenvalue weighted by Gasteiger charge is -2.38. The summed E-state index contributed by atoms with van der Waals surface area (Å²) in [4.78, 5) is 2.36. The van der Waals surface area contributed by atoms with Gasteiger partial charge in [-0.1, -0.05) is 19.8 Å².